The summed E-state index contributed by atoms with van der Waals surface area (Å²) < 4.78 is 23.9. The molecule has 0 spiro atoms. The number of aliphatic hydroxyl groups is 1. The van der Waals surface area contributed by atoms with E-state index in [9.17, 15) is 19.4 Å². The van der Waals surface area contributed by atoms with Crippen molar-refractivity contribution in [3.05, 3.63) is 0 Å². The summed E-state index contributed by atoms with van der Waals surface area (Å²) >= 11 is 0. The van der Waals surface area contributed by atoms with E-state index in [0.717, 1.165) is 38.5 Å². The molecule has 3 atom stereocenters. The zero-order valence-electron chi connectivity index (χ0n) is 54.4. The molecule has 0 aromatic rings. The van der Waals surface area contributed by atoms with Crippen LogP contribution < -0.4 is 5.32 Å². The van der Waals surface area contributed by atoms with E-state index in [1.54, 1.807) is 0 Å². The monoisotopic (exact) mass is 1140 g/mol. The standard InChI is InChI=1S/C70H143N2O6P/c1-6-8-10-12-14-16-18-20-22-24-26-28-30-32-34-35-36-38-39-41-43-45-47-49-51-53-55-57-59-61-63-69(73)68(67-78-79(75,76)77-66-65-72(3,4)5)71-70(74)64-62-60-58-56-54-52-50-48-46-44-42-40-37-33-31-29-27-25-23-21-19-17-15-13-11-9-7-2/h68-69,73H,6-67H2,1-5H3,(H-,71,74,75,76)/p+1. The minimum absolute atomic E-state index is 0.0795. The Morgan fingerprint density at radius 1 is 0.380 bits per heavy atom. The van der Waals surface area contributed by atoms with Crippen molar-refractivity contribution in [2.45, 2.75) is 405 Å². The lowest BCUT2D eigenvalue weighted by Crippen LogP contribution is -2.46. The molecule has 9 heteroatoms. The summed E-state index contributed by atoms with van der Waals surface area (Å²) in [7, 11) is 1.64. The second-order valence-electron chi connectivity index (χ2n) is 26.3. The average Bonchev–Trinajstić information content (AvgIpc) is 3.42. The summed E-state index contributed by atoms with van der Waals surface area (Å²) in [5.74, 6) is -0.133. The van der Waals surface area contributed by atoms with Crippen molar-refractivity contribution in [2.75, 3.05) is 40.9 Å². The van der Waals surface area contributed by atoms with Crippen molar-refractivity contribution >= 4 is 13.7 Å². The third-order valence-corrected chi connectivity index (χ3v) is 18.1. The van der Waals surface area contributed by atoms with Gasteiger partial charge in [-0.3, -0.25) is 13.8 Å². The summed E-state index contributed by atoms with van der Waals surface area (Å²) in [6.45, 7) is 4.97. The fourth-order valence-corrected chi connectivity index (χ4v) is 12.3. The van der Waals surface area contributed by atoms with Crippen molar-refractivity contribution in [2.24, 2.45) is 0 Å². The van der Waals surface area contributed by atoms with E-state index in [4.69, 9.17) is 9.05 Å². The van der Waals surface area contributed by atoms with Gasteiger partial charge in [0.1, 0.15) is 13.2 Å². The molecule has 0 heterocycles. The highest BCUT2D eigenvalue weighted by Crippen LogP contribution is 2.43. The molecule has 1 amide bonds. The van der Waals surface area contributed by atoms with Crippen LogP contribution in [-0.2, 0) is 18.4 Å². The third kappa shape index (κ3) is 64.9. The number of amides is 1. The molecule has 0 aliphatic heterocycles. The van der Waals surface area contributed by atoms with Crippen molar-refractivity contribution < 1.29 is 32.9 Å². The molecule has 0 fully saturated rings. The zero-order valence-corrected chi connectivity index (χ0v) is 55.3. The third-order valence-electron chi connectivity index (χ3n) is 17.1. The first-order valence-corrected chi connectivity index (χ1v) is 37.4. The van der Waals surface area contributed by atoms with Gasteiger partial charge >= 0.3 is 7.82 Å². The Bertz CT molecular complexity index is 1250. The van der Waals surface area contributed by atoms with Gasteiger partial charge in [0.25, 0.3) is 0 Å². The lowest BCUT2D eigenvalue weighted by molar-refractivity contribution is -0.870. The molecule has 79 heavy (non-hydrogen) atoms. The Labute approximate surface area is 495 Å². The van der Waals surface area contributed by atoms with Crippen LogP contribution in [0.4, 0.5) is 0 Å². The van der Waals surface area contributed by atoms with Gasteiger partial charge < -0.3 is 19.8 Å². The van der Waals surface area contributed by atoms with Gasteiger partial charge in [-0.1, -0.05) is 373 Å². The fourth-order valence-electron chi connectivity index (χ4n) is 11.5. The molecule has 8 nitrogen and oxygen atoms in total. The number of nitrogens with zero attached hydrogens (tertiary/aromatic N) is 1. The molecule has 0 aromatic heterocycles. The summed E-state index contributed by atoms with van der Waals surface area (Å²) in [4.78, 5) is 23.5. The molecular weight excluding hydrogens is 996 g/mol. The molecule has 0 aliphatic carbocycles. The normalized spacial score (nSPS) is 13.6. The number of carbonyl (C=O) groups is 1. The van der Waals surface area contributed by atoms with Crippen LogP contribution in [0.15, 0.2) is 0 Å². The van der Waals surface area contributed by atoms with Crippen molar-refractivity contribution in [1.82, 2.24) is 5.32 Å². The second-order valence-corrected chi connectivity index (χ2v) is 27.8. The maximum absolute atomic E-state index is 13.1. The van der Waals surface area contributed by atoms with Gasteiger partial charge in [0.05, 0.1) is 39.9 Å². The first-order chi connectivity index (χ1) is 38.5. The number of rotatable bonds is 68. The summed E-state index contributed by atoms with van der Waals surface area (Å²) in [6.07, 6.45) is 77.9. The number of quaternary nitrogens is 1. The Morgan fingerprint density at radius 3 is 0.848 bits per heavy atom. The van der Waals surface area contributed by atoms with Gasteiger partial charge in [-0.2, -0.15) is 0 Å². The Kier molecular flexibility index (Phi) is 61.7. The molecule has 3 N–H and O–H groups in total. The molecular formula is C70H144N2O6P+. The van der Waals surface area contributed by atoms with E-state index in [2.05, 4.69) is 19.2 Å². The number of phosphoric ester groups is 1. The molecule has 0 saturated carbocycles. The van der Waals surface area contributed by atoms with Gasteiger partial charge in [0.2, 0.25) is 5.91 Å². The number of aliphatic hydroxyl groups excluding tert-OH is 1. The second kappa shape index (κ2) is 62.0. The smallest absolute Gasteiger partial charge is 0.391 e. The van der Waals surface area contributed by atoms with Crippen LogP contribution in [0.2, 0.25) is 0 Å². The van der Waals surface area contributed by atoms with E-state index in [1.807, 2.05) is 21.1 Å². The number of phosphoric acid groups is 1. The molecule has 0 radical (unpaired) electrons. The first-order valence-electron chi connectivity index (χ1n) is 35.9. The van der Waals surface area contributed by atoms with Crippen molar-refractivity contribution in [3.63, 3.8) is 0 Å². The molecule has 0 aromatic carbocycles. The van der Waals surface area contributed by atoms with Gasteiger partial charge in [0.15, 0.2) is 0 Å². The van der Waals surface area contributed by atoms with Crippen LogP contribution in [0.5, 0.6) is 0 Å². The highest BCUT2D eigenvalue weighted by molar-refractivity contribution is 7.47. The Hall–Kier alpha value is -0.500. The maximum Gasteiger partial charge on any atom is 0.472 e. The highest BCUT2D eigenvalue weighted by atomic mass is 31.2. The minimum atomic E-state index is -4.33. The minimum Gasteiger partial charge on any atom is -0.391 e. The molecule has 0 aliphatic rings. The van der Waals surface area contributed by atoms with Gasteiger partial charge in [0, 0.05) is 6.42 Å². The van der Waals surface area contributed by atoms with E-state index < -0.39 is 20.0 Å². The van der Waals surface area contributed by atoms with Crippen LogP contribution in [0.1, 0.15) is 393 Å². The van der Waals surface area contributed by atoms with Crippen LogP contribution in [-0.4, -0.2) is 73.4 Å². The summed E-state index contributed by atoms with van der Waals surface area (Å²) in [6, 6.07) is -0.757. The van der Waals surface area contributed by atoms with Crippen molar-refractivity contribution in [3.8, 4) is 0 Å². The van der Waals surface area contributed by atoms with Crippen LogP contribution in [0.25, 0.3) is 0 Å². The molecule has 3 unspecified atom stereocenters. The summed E-state index contributed by atoms with van der Waals surface area (Å²) in [5.41, 5.74) is 0. The number of hydrogen-bond donors (Lipinski definition) is 3. The number of nitrogens with one attached hydrogen (secondary N) is 1. The number of likely N-dealkylation sites (N-methyl/N-ethyl adjacent to an activating group) is 1. The fraction of sp³-hybridized carbons (Fsp3) is 0.986. The predicted octanol–water partition coefficient (Wildman–Crippen LogP) is 22.7. The quantitative estimate of drug-likeness (QED) is 0.0318. The van der Waals surface area contributed by atoms with E-state index in [1.165, 1.54) is 327 Å². The number of carbonyl (C=O) groups excluding carboxylic acids is 1. The lowest BCUT2D eigenvalue weighted by atomic mass is 10.0. The maximum atomic E-state index is 13.1. The Balaban J connectivity index is 3.97. The molecule has 0 bridgehead atoms. The van der Waals surface area contributed by atoms with Gasteiger partial charge in [-0.05, 0) is 12.8 Å². The SMILES string of the molecule is CCCCCCCCCCCCCCCCCCCCCCCCCCCCCCCCC(O)C(COP(=O)(O)OCC[N+](C)(C)C)NC(=O)CCCCCCCCCCCCCCCCCCCCCCCCCCCCC. The summed E-state index contributed by atoms with van der Waals surface area (Å²) in [5, 5.41) is 14.2. The average molecular weight is 1140 g/mol. The van der Waals surface area contributed by atoms with Crippen molar-refractivity contribution in [1.29, 1.82) is 0 Å². The molecule has 474 valence electrons. The predicted molar refractivity (Wildman–Crippen MR) is 346 cm³/mol. The van der Waals surface area contributed by atoms with Gasteiger partial charge in [-0.15, -0.1) is 0 Å². The van der Waals surface area contributed by atoms with E-state index in [-0.39, 0.29) is 19.1 Å². The Morgan fingerprint density at radius 2 is 0.608 bits per heavy atom. The van der Waals surface area contributed by atoms with Crippen LogP contribution >= 0.6 is 7.82 Å². The van der Waals surface area contributed by atoms with Crippen LogP contribution in [0, 0.1) is 0 Å². The lowest BCUT2D eigenvalue weighted by Gasteiger charge is -2.26. The number of unbranched alkanes of at least 4 members (excludes halogenated alkanes) is 55. The molecule has 0 rings (SSSR count). The highest BCUT2D eigenvalue weighted by Gasteiger charge is 2.28. The number of hydrogen-bond acceptors (Lipinski definition) is 5. The molecule has 0 saturated heterocycles. The first kappa shape index (κ1) is 78.5. The van der Waals surface area contributed by atoms with Crippen LogP contribution in [0.3, 0.4) is 0 Å². The van der Waals surface area contributed by atoms with E-state index in [0.29, 0.717) is 23.9 Å². The van der Waals surface area contributed by atoms with E-state index >= 15 is 0 Å². The van der Waals surface area contributed by atoms with Gasteiger partial charge in [-0.25, -0.2) is 4.57 Å². The zero-order chi connectivity index (χ0) is 57.7. The largest absolute Gasteiger partial charge is 0.472 e. The topological polar surface area (TPSA) is 105 Å².